The lowest BCUT2D eigenvalue weighted by atomic mass is 9.79. The largest absolute Gasteiger partial charge is 0.490 e. The fraction of sp³-hybridized carbons (Fsp3) is 0.667. The van der Waals surface area contributed by atoms with E-state index in [9.17, 15) is 5.11 Å². The fourth-order valence-corrected chi connectivity index (χ4v) is 3.80. The van der Waals surface area contributed by atoms with Gasteiger partial charge in [0.15, 0.2) is 0 Å². The lowest BCUT2D eigenvalue weighted by Gasteiger charge is -2.43. The van der Waals surface area contributed by atoms with E-state index in [0.29, 0.717) is 0 Å². The van der Waals surface area contributed by atoms with Gasteiger partial charge in [0.05, 0.1) is 18.8 Å². The number of ether oxygens (including phenoxy) is 2. The highest BCUT2D eigenvalue weighted by atomic mass is 16.5. The Hall–Kier alpha value is -1.06. The van der Waals surface area contributed by atoms with E-state index in [1.54, 1.807) is 0 Å². The maximum atomic E-state index is 9.51. The molecule has 2 aliphatic rings. The number of aryl methyl sites for hydroxylation is 1. The minimum atomic E-state index is 0.0331. The van der Waals surface area contributed by atoms with Gasteiger partial charge in [0.2, 0.25) is 0 Å². The van der Waals surface area contributed by atoms with Gasteiger partial charge in [-0.1, -0.05) is 37.5 Å². The third-order valence-corrected chi connectivity index (χ3v) is 4.96. The van der Waals surface area contributed by atoms with Crippen molar-refractivity contribution < 1.29 is 14.6 Å². The molecule has 0 aromatic heterocycles. The van der Waals surface area contributed by atoms with Crippen molar-refractivity contribution >= 4 is 0 Å². The van der Waals surface area contributed by atoms with Crippen LogP contribution in [0.3, 0.4) is 0 Å². The molecule has 1 heterocycles. The first-order valence-corrected chi connectivity index (χ1v) is 8.22. The van der Waals surface area contributed by atoms with Gasteiger partial charge in [-0.15, -0.1) is 0 Å². The summed E-state index contributed by atoms with van der Waals surface area (Å²) < 4.78 is 12.4. The first-order valence-electron chi connectivity index (χ1n) is 8.22. The van der Waals surface area contributed by atoms with Crippen LogP contribution in [0.2, 0.25) is 0 Å². The van der Waals surface area contributed by atoms with Crippen LogP contribution in [-0.2, 0) is 11.3 Å². The van der Waals surface area contributed by atoms with Crippen LogP contribution in [0.25, 0.3) is 0 Å². The van der Waals surface area contributed by atoms with Crippen molar-refractivity contribution in [1.82, 2.24) is 0 Å². The number of benzene rings is 1. The van der Waals surface area contributed by atoms with Crippen LogP contribution in [0, 0.1) is 6.92 Å². The smallest absolute Gasteiger partial charge is 0.128 e. The maximum Gasteiger partial charge on any atom is 0.128 e. The fourth-order valence-electron chi connectivity index (χ4n) is 3.80. The molecule has 1 aliphatic carbocycles. The molecule has 1 aromatic rings. The lowest BCUT2D eigenvalue weighted by molar-refractivity contribution is -0.130. The van der Waals surface area contributed by atoms with E-state index in [2.05, 4.69) is 0 Å². The maximum absolute atomic E-state index is 9.51. The van der Waals surface area contributed by atoms with Crippen molar-refractivity contribution in [2.24, 2.45) is 0 Å². The molecule has 0 radical (unpaired) electrons. The van der Waals surface area contributed by atoms with Crippen LogP contribution in [0.1, 0.15) is 56.1 Å². The average molecular weight is 290 g/mol. The Morgan fingerprint density at radius 2 is 2.10 bits per heavy atom. The molecule has 1 saturated carbocycles. The van der Waals surface area contributed by atoms with Crippen LogP contribution in [-0.4, -0.2) is 23.4 Å². The summed E-state index contributed by atoms with van der Waals surface area (Å²) in [7, 11) is 0. The Kier molecular flexibility index (Phi) is 4.51. The van der Waals surface area contributed by atoms with Crippen molar-refractivity contribution in [2.75, 3.05) is 6.61 Å². The number of rotatable bonds is 3. The van der Waals surface area contributed by atoms with E-state index in [-0.39, 0.29) is 18.3 Å². The number of hydrogen-bond acceptors (Lipinski definition) is 3. The van der Waals surface area contributed by atoms with Gasteiger partial charge in [-0.3, -0.25) is 0 Å². The second-order valence-corrected chi connectivity index (χ2v) is 6.55. The number of para-hydroxylation sites is 1. The van der Waals surface area contributed by atoms with Crippen LogP contribution in [0.4, 0.5) is 0 Å². The SMILES string of the molecule is Cc1cccc(CO)c1OC1CCOC2(CCCCC2)C1. The zero-order valence-electron chi connectivity index (χ0n) is 12.9. The summed E-state index contributed by atoms with van der Waals surface area (Å²) in [4.78, 5) is 0. The Morgan fingerprint density at radius 3 is 2.86 bits per heavy atom. The van der Waals surface area contributed by atoms with Gasteiger partial charge in [-0.25, -0.2) is 0 Å². The number of aliphatic hydroxyl groups excluding tert-OH is 1. The molecule has 3 nitrogen and oxygen atoms in total. The number of hydrogen-bond donors (Lipinski definition) is 1. The molecule has 0 bridgehead atoms. The summed E-state index contributed by atoms with van der Waals surface area (Å²) in [5.74, 6) is 0.873. The third kappa shape index (κ3) is 3.24. The second kappa shape index (κ2) is 6.37. The van der Waals surface area contributed by atoms with Crippen molar-refractivity contribution in [3.05, 3.63) is 29.3 Å². The Morgan fingerprint density at radius 1 is 1.29 bits per heavy atom. The minimum Gasteiger partial charge on any atom is -0.490 e. The van der Waals surface area contributed by atoms with Gasteiger partial charge >= 0.3 is 0 Å². The number of aliphatic hydroxyl groups is 1. The molecule has 1 saturated heterocycles. The molecular weight excluding hydrogens is 264 g/mol. The molecule has 1 aliphatic heterocycles. The molecule has 1 N–H and O–H groups in total. The van der Waals surface area contributed by atoms with Crippen LogP contribution in [0.15, 0.2) is 18.2 Å². The van der Waals surface area contributed by atoms with Crippen molar-refractivity contribution in [2.45, 2.75) is 70.2 Å². The summed E-state index contributed by atoms with van der Waals surface area (Å²) in [6, 6.07) is 5.96. The molecule has 1 unspecified atom stereocenters. The molecule has 2 fully saturated rings. The zero-order chi connectivity index (χ0) is 14.7. The molecule has 1 spiro atoms. The molecule has 21 heavy (non-hydrogen) atoms. The van der Waals surface area contributed by atoms with Crippen molar-refractivity contribution in [3.8, 4) is 5.75 Å². The zero-order valence-corrected chi connectivity index (χ0v) is 12.9. The summed E-state index contributed by atoms with van der Waals surface area (Å²) in [5, 5.41) is 9.51. The van der Waals surface area contributed by atoms with Gasteiger partial charge in [0, 0.05) is 18.4 Å². The summed E-state index contributed by atoms with van der Waals surface area (Å²) in [6.07, 6.45) is 8.39. The van der Waals surface area contributed by atoms with Gasteiger partial charge in [0.1, 0.15) is 11.9 Å². The Labute approximate surface area is 127 Å². The lowest BCUT2D eigenvalue weighted by Crippen LogP contribution is -2.45. The normalized spacial score (nSPS) is 25.0. The van der Waals surface area contributed by atoms with Crippen LogP contribution < -0.4 is 4.74 Å². The van der Waals surface area contributed by atoms with Gasteiger partial charge in [-0.2, -0.15) is 0 Å². The van der Waals surface area contributed by atoms with Crippen molar-refractivity contribution in [1.29, 1.82) is 0 Å². The highest BCUT2D eigenvalue weighted by Crippen LogP contribution is 2.40. The molecule has 3 heteroatoms. The van der Waals surface area contributed by atoms with Crippen LogP contribution >= 0.6 is 0 Å². The van der Waals surface area contributed by atoms with E-state index < -0.39 is 0 Å². The first-order chi connectivity index (χ1) is 10.2. The minimum absolute atomic E-state index is 0.0331. The highest BCUT2D eigenvalue weighted by molar-refractivity contribution is 5.40. The topological polar surface area (TPSA) is 38.7 Å². The molecule has 1 aromatic carbocycles. The Balaban J connectivity index is 1.73. The first kappa shape index (κ1) is 14.9. The summed E-state index contributed by atoms with van der Waals surface area (Å²) in [5.41, 5.74) is 2.05. The summed E-state index contributed by atoms with van der Waals surface area (Å²) >= 11 is 0. The van der Waals surface area contributed by atoms with E-state index >= 15 is 0 Å². The van der Waals surface area contributed by atoms with Gasteiger partial charge < -0.3 is 14.6 Å². The quantitative estimate of drug-likeness (QED) is 0.921. The average Bonchev–Trinajstić information content (AvgIpc) is 2.50. The van der Waals surface area contributed by atoms with Gasteiger partial charge in [0.25, 0.3) is 0 Å². The predicted octanol–water partition coefficient (Wildman–Crippen LogP) is 3.75. The van der Waals surface area contributed by atoms with Crippen LogP contribution in [0.5, 0.6) is 5.75 Å². The standard InChI is InChI=1S/C18H26O3/c1-14-6-5-7-15(13-19)17(14)21-16-8-11-20-18(12-16)9-3-2-4-10-18/h5-7,16,19H,2-4,8-13H2,1H3. The molecule has 1 atom stereocenters. The molecule has 0 amide bonds. The van der Waals surface area contributed by atoms with E-state index in [1.807, 2.05) is 25.1 Å². The summed E-state index contributed by atoms with van der Waals surface area (Å²) in [6.45, 7) is 2.88. The predicted molar refractivity (Wildman–Crippen MR) is 82.5 cm³/mol. The van der Waals surface area contributed by atoms with Gasteiger partial charge in [-0.05, 0) is 25.3 Å². The molecular formula is C18H26O3. The van der Waals surface area contributed by atoms with E-state index in [1.165, 1.54) is 32.1 Å². The molecule has 116 valence electrons. The van der Waals surface area contributed by atoms with E-state index in [0.717, 1.165) is 36.3 Å². The van der Waals surface area contributed by atoms with E-state index in [4.69, 9.17) is 9.47 Å². The Bertz CT molecular complexity index is 472. The highest BCUT2D eigenvalue weighted by Gasteiger charge is 2.39. The monoisotopic (exact) mass is 290 g/mol. The second-order valence-electron chi connectivity index (χ2n) is 6.55. The van der Waals surface area contributed by atoms with Crippen molar-refractivity contribution in [3.63, 3.8) is 0 Å². The molecule has 3 rings (SSSR count). The third-order valence-electron chi connectivity index (χ3n) is 4.96.